The van der Waals surface area contributed by atoms with Gasteiger partial charge in [-0.15, -0.1) is 0 Å². The molecule has 2 unspecified atom stereocenters. The summed E-state index contributed by atoms with van der Waals surface area (Å²) in [5, 5.41) is 0. The molecule has 2 aromatic rings. The predicted octanol–water partition coefficient (Wildman–Crippen LogP) is 3.18. The molecule has 170 valence electrons. The molecule has 0 radical (unpaired) electrons. The van der Waals surface area contributed by atoms with Crippen molar-refractivity contribution >= 4 is 17.1 Å². The van der Waals surface area contributed by atoms with Gasteiger partial charge < -0.3 is 9.72 Å². The normalized spacial score (nSPS) is 25.3. The fourth-order valence-corrected chi connectivity index (χ4v) is 5.96. The van der Waals surface area contributed by atoms with Crippen LogP contribution in [0.15, 0.2) is 9.59 Å². The van der Waals surface area contributed by atoms with Gasteiger partial charge in [0.15, 0.2) is 5.65 Å². The summed E-state index contributed by atoms with van der Waals surface area (Å²) in [6.07, 6.45) is 7.33. The third kappa shape index (κ3) is 3.96. The van der Waals surface area contributed by atoms with E-state index in [0.29, 0.717) is 48.4 Å². The molecule has 0 amide bonds. The van der Waals surface area contributed by atoms with Crippen molar-refractivity contribution in [1.29, 1.82) is 0 Å². The molecule has 8 nitrogen and oxygen atoms in total. The monoisotopic (exact) mass is 430 g/mol. The summed E-state index contributed by atoms with van der Waals surface area (Å²) in [7, 11) is 1.45. The summed E-state index contributed by atoms with van der Waals surface area (Å²) in [6.45, 7) is 4.96. The van der Waals surface area contributed by atoms with Crippen molar-refractivity contribution in [2.24, 2.45) is 17.8 Å². The lowest BCUT2D eigenvalue weighted by molar-refractivity contribution is -0.141. The van der Waals surface area contributed by atoms with Gasteiger partial charge in [-0.1, -0.05) is 13.8 Å². The van der Waals surface area contributed by atoms with E-state index >= 15 is 0 Å². The third-order valence-electron chi connectivity index (χ3n) is 7.36. The standard InChI is InChI=1S/C23H34N4O4/c1-4-10-26-21-19(22(29)27(11-5-2)23(26)30)24-20(25-21)16-12-14-6-7-15(13-16)17(14)8-9-18(28)31-3/h14-17H,4-13H2,1-3H3,(H,24,25). The highest BCUT2D eigenvalue weighted by Crippen LogP contribution is 2.53. The Morgan fingerprint density at radius 1 is 1.10 bits per heavy atom. The van der Waals surface area contributed by atoms with E-state index in [1.807, 2.05) is 13.8 Å². The molecule has 0 aromatic carbocycles. The fraction of sp³-hybridized carbons (Fsp3) is 0.739. The fourth-order valence-electron chi connectivity index (χ4n) is 5.96. The molecule has 2 aromatic heterocycles. The summed E-state index contributed by atoms with van der Waals surface area (Å²) in [5.41, 5.74) is 0.435. The number of nitrogens with zero attached hydrogens (tertiary/aromatic N) is 3. The number of ether oxygens (including phenoxy) is 1. The molecule has 2 fully saturated rings. The number of rotatable bonds is 8. The van der Waals surface area contributed by atoms with Crippen molar-refractivity contribution in [3.8, 4) is 0 Å². The maximum atomic E-state index is 13.0. The largest absolute Gasteiger partial charge is 0.469 e. The Labute approximate surface area is 182 Å². The van der Waals surface area contributed by atoms with Crippen LogP contribution in [0.3, 0.4) is 0 Å². The van der Waals surface area contributed by atoms with E-state index in [0.717, 1.165) is 37.9 Å². The maximum absolute atomic E-state index is 13.0. The lowest BCUT2D eigenvalue weighted by Gasteiger charge is -2.34. The van der Waals surface area contributed by atoms with E-state index in [-0.39, 0.29) is 23.1 Å². The molecule has 2 aliphatic carbocycles. The molecule has 0 spiro atoms. The number of fused-ring (bicyclic) bond motifs is 3. The van der Waals surface area contributed by atoms with Gasteiger partial charge >= 0.3 is 11.7 Å². The van der Waals surface area contributed by atoms with Crippen LogP contribution in [0, 0.1) is 17.8 Å². The number of hydrogen-bond acceptors (Lipinski definition) is 5. The summed E-state index contributed by atoms with van der Waals surface area (Å²) >= 11 is 0. The van der Waals surface area contributed by atoms with E-state index < -0.39 is 0 Å². The number of carbonyl (C=O) groups excluding carboxylic acids is 1. The molecule has 2 heterocycles. The van der Waals surface area contributed by atoms with Crippen molar-refractivity contribution in [2.45, 2.75) is 84.2 Å². The number of aromatic nitrogens is 4. The molecular weight excluding hydrogens is 396 g/mol. The molecule has 31 heavy (non-hydrogen) atoms. The SMILES string of the molecule is CCCn1c(=O)c2[nH]c(C3CC4CCC(C3)C4CCC(=O)OC)nc2n(CCC)c1=O. The van der Waals surface area contributed by atoms with E-state index in [4.69, 9.17) is 9.72 Å². The topological polar surface area (TPSA) is 99.0 Å². The first-order valence-electron chi connectivity index (χ1n) is 11.8. The van der Waals surface area contributed by atoms with Crippen LogP contribution in [0.1, 0.15) is 77.0 Å². The summed E-state index contributed by atoms with van der Waals surface area (Å²) in [6, 6.07) is 0. The van der Waals surface area contributed by atoms with Crippen molar-refractivity contribution < 1.29 is 9.53 Å². The van der Waals surface area contributed by atoms with Gasteiger partial charge in [0.25, 0.3) is 5.56 Å². The number of H-pyrrole nitrogens is 1. The van der Waals surface area contributed by atoms with E-state index in [9.17, 15) is 14.4 Å². The molecular formula is C23H34N4O4. The Morgan fingerprint density at radius 3 is 2.35 bits per heavy atom. The smallest absolute Gasteiger partial charge is 0.332 e. The van der Waals surface area contributed by atoms with Gasteiger partial charge in [-0.3, -0.25) is 18.7 Å². The average Bonchev–Trinajstić information content (AvgIpc) is 3.31. The van der Waals surface area contributed by atoms with Gasteiger partial charge in [0.05, 0.1) is 7.11 Å². The second kappa shape index (κ2) is 9.01. The zero-order valence-corrected chi connectivity index (χ0v) is 18.9. The number of methoxy groups -OCH3 is 1. The predicted molar refractivity (Wildman–Crippen MR) is 118 cm³/mol. The van der Waals surface area contributed by atoms with Gasteiger partial charge in [-0.2, -0.15) is 0 Å². The number of aryl methyl sites for hydroxylation is 1. The van der Waals surface area contributed by atoms with Crippen LogP contribution < -0.4 is 11.2 Å². The zero-order valence-electron chi connectivity index (χ0n) is 18.9. The Kier molecular flexibility index (Phi) is 6.34. The van der Waals surface area contributed by atoms with Crippen LogP contribution in [-0.2, 0) is 22.6 Å². The molecule has 2 saturated carbocycles. The van der Waals surface area contributed by atoms with Crippen molar-refractivity contribution in [3.05, 3.63) is 26.7 Å². The van der Waals surface area contributed by atoms with Gasteiger partial charge in [-0.05, 0) is 62.7 Å². The number of carbonyl (C=O) groups is 1. The Hall–Kier alpha value is -2.38. The van der Waals surface area contributed by atoms with Crippen LogP contribution in [0.2, 0.25) is 0 Å². The highest BCUT2D eigenvalue weighted by molar-refractivity contribution is 5.70. The number of imidazole rings is 1. The van der Waals surface area contributed by atoms with Crippen LogP contribution in [-0.4, -0.2) is 32.2 Å². The third-order valence-corrected chi connectivity index (χ3v) is 7.36. The van der Waals surface area contributed by atoms with E-state index in [1.54, 1.807) is 4.57 Å². The Morgan fingerprint density at radius 2 is 1.74 bits per heavy atom. The van der Waals surface area contributed by atoms with E-state index in [2.05, 4.69) is 4.98 Å². The Bertz CT molecular complexity index is 1050. The second-order valence-electron chi connectivity index (χ2n) is 9.26. The van der Waals surface area contributed by atoms with Crippen molar-refractivity contribution in [3.63, 3.8) is 0 Å². The van der Waals surface area contributed by atoms with Gasteiger partial charge in [-0.25, -0.2) is 9.78 Å². The van der Waals surface area contributed by atoms with Crippen molar-refractivity contribution in [2.75, 3.05) is 7.11 Å². The van der Waals surface area contributed by atoms with Crippen molar-refractivity contribution in [1.82, 2.24) is 19.1 Å². The average molecular weight is 431 g/mol. The molecule has 1 N–H and O–H groups in total. The number of hydrogen-bond donors (Lipinski definition) is 1. The first-order chi connectivity index (χ1) is 15.0. The summed E-state index contributed by atoms with van der Waals surface area (Å²) in [4.78, 5) is 45.6. The molecule has 2 aliphatic rings. The molecule has 2 bridgehead atoms. The van der Waals surface area contributed by atoms with Crippen LogP contribution >= 0.6 is 0 Å². The quantitative estimate of drug-likeness (QED) is 0.649. The highest BCUT2D eigenvalue weighted by atomic mass is 16.5. The van der Waals surface area contributed by atoms with Crippen LogP contribution in [0.5, 0.6) is 0 Å². The minimum atomic E-state index is -0.261. The van der Waals surface area contributed by atoms with Crippen LogP contribution in [0.25, 0.3) is 11.2 Å². The number of nitrogens with one attached hydrogen (secondary N) is 1. The molecule has 0 saturated heterocycles. The lowest BCUT2D eigenvalue weighted by atomic mass is 9.71. The molecule has 0 aliphatic heterocycles. The van der Waals surface area contributed by atoms with Crippen LogP contribution in [0.4, 0.5) is 0 Å². The Balaban J connectivity index is 1.63. The zero-order chi connectivity index (χ0) is 22.1. The minimum Gasteiger partial charge on any atom is -0.469 e. The highest BCUT2D eigenvalue weighted by Gasteiger charge is 2.43. The minimum absolute atomic E-state index is 0.129. The molecule has 4 rings (SSSR count). The number of aromatic amines is 1. The maximum Gasteiger partial charge on any atom is 0.332 e. The van der Waals surface area contributed by atoms with Gasteiger partial charge in [0, 0.05) is 25.4 Å². The summed E-state index contributed by atoms with van der Waals surface area (Å²) < 4.78 is 7.82. The van der Waals surface area contributed by atoms with E-state index in [1.165, 1.54) is 24.5 Å². The summed E-state index contributed by atoms with van der Waals surface area (Å²) in [5.74, 6) is 2.71. The van der Waals surface area contributed by atoms with Gasteiger partial charge in [0.2, 0.25) is 0 Å². The lowest BCUT2D eigenvalue weighted by Crippen LogP contribution is -2.40. The first-order valence-corrected chi connectivity index (χ1v) is 11.8. The first kappa shape index (κ1) is 21.8. The molecule has 2 atom stereocenters. The van der Waals surface area contributed by atoms with Gasteiger partial charge in [0.1, 0.15) is 11.3 Å². The molecule has 8 heteroatoms. The number of esters is 1. The second-order valence-corrected chi connectivity index (χ2v) is 9.26.